The highest BCUT2D eigenvalue weighted by Gasteiger charge is 2.17. The van der Waals surface area contributed by atoms with Gasteiger partial charge in [-0.25, -0.2) is 0 Å². The van der Waals surface area contributed by atoms with Gasteiger partial charge in [-0.2, -0.15) is 0 Å². The van der Waals surface area contributed by atoms with E-state index in [1.54, 1.807) is 0 Å². The molecule has 4 rings (SSSR count). The second kappa shape index (κ2) is 7.74. The van der Waals surface area contributed by atoms with Gasteiger partial charge >= 0.3 is 0 Å². The maximum atomic E-state index is 5.82. The van der Waals surface area contributed by atoms with Gasteiger partial charge in [-0.05, 0) is 57.9 Å². The smallest absolute Gasteiger partial charge is 0.0966 e. The Labute approximate surface area is 171 Å². The van der Waals surface area contributed by atoms with Gasteiger partial charge in [-0.3, -0.25) is 0 Å². The summed E-state index contributed by atoms with van der Waals surface area (Å²) in [5.74, 6) is 0.486. The van der Waals surface area contributed by atoms with E-state index in [0.717, 1.165) is 16.4 Å². The van der Waals surface area contributed by atoms with E-state index in [9.17, 15) is 0 Å². The van der Waals surface area contributed by atoms with E-state index in [2.05, 4.69) is 95.7 Å². The van der Waals surface area contributed by atoms with Crippen molar-refractivity contribution in [2.24, 2.45) is 5.92 Å². The minimum atomic E-state index is 0.486. The maximum absolute atomic E-state index is 5.82. The first kappa shape index (κ1) is 18.1. The van der Waals surface area contributed by atoms with Crippen LogP contribution in [0.5, 0.6) is 0 Å². The third-order valence-electron chi connectivity index (χ3n) is 5.20. The third kappa shape index (κ3) is 4.01. The van der Waals surface area contributed by atoms with Crippen molar-refractivity contribution in [3.63, 3.8) is 0 Å². The van der Waals surface area contributed by atoms with Gasteiger partial charge < -0.3 is 0 Å². The molecule has 0 bridgehead atoms. The van der Waals surface area contributed by atoms with Gasteiger partial charge in [0.25, 0.3) is 0 Å². The van der Waals surface area contributed by atoms with Crippen LogP contribution in [0.25, 0.3) is 22.3 Å². The van der Waals surface area contributed by atoms with Gasteiger partial charge in [0.05, 0.1) is 0 Å². The number of halogens is 1. The quantitative estimate of drug-likeness (QED) is 0.437. The van der Waals surface area contributed by atoms with Gasteiger partial charge in [0.1, 0.15) is 7.85 Å². The first-order chi connectivity index (χ1) is 13.1. The van der Waals surface area contributed by atoms with Crippen molar-refractivity contribution in [1.29, 1.82) is 0 Å². The molecule has 3 aromatic rings. The molecule has 1 aliphatic carbocycles. The van der Waals surface area contributed by atoms with E-state index in [1.807, 2.05) is 12.1 Å². The summed E-state index contributed by atoms with van der Waals surface area (Å²) in [6.45, 7) is 2.30. The molecule has 1 aliphatic rings. The summed E-state index contributed by atoms with van der Waals surface area (Å²) in [5.41, 5.74) is 8.63. The lowest BCUT2D eigenvalue weighted by molar-refractivity contribution is 0.771. The molecule has 27 heavy (non-hydrogen) atoms. The van der Waals surface area contributed by atoms with Crippen LogP contribution in [-0.2, 0) is 0 Å². The molecule has 0 aliphatic heterocycles. The molecule has 0 heterocycles. The Balaban J connectivity index is 1.58. The van der Waals surface area contributed by atoms with Crippen molar-refractivity contribution >= 4 is 40.4 Å². The number of allylic oxidation sites excluding steroid dienone is 4. The summed E-state index contributed by atoms with van der Waals surface area (Å²) in [6.07, 6.45) is 5.58. The average Bonchev–Trinajstić information content (AvgIpc) is 2.69. The lowest BCUT2D eigenvalue weighted by atomic mass is 9.81. The molecular weight excluding hydrogens is 391 g/mol. The summed E-state index contributed by atoms with van der Waals surface area (Å²) in [6, 6.07) is 25.5. The summed E-state index contributed by atoms with van der Waals surface area (Å²) in [4.78, 5) is 0. The minimum Gasteiger partial charge on any atom is -0.0966 e. The molecule has 0 amide bonds. The summed E-state index contributed by atoms with van der Waals surface area (Å²) in [5, 5.41) is 0. The van der Waals surface area contributed by atoms with E-state index in [0.29, 0.717) is 5.92 Å². The fourth-order valence-corrected chi connectivity index (χ4v) is 3.92. The standard InChI is InChI=1S/C25H20BBr/c1-17-16-22(10-15-25(17)21-6-11-23(26)12-7-21)20-4-2-18(3-5-20)19-8-13-24(27)14-9-19/h2-15,17H,16H2,1H3. The zero-order chi connectivity index (χ0) is 18.8. The summed E-state index contributed by atoms with van der Waals surface area (Å²) in [7, 11) is 5.82. The predicted octanol–water partition coefficient (Wildman–Crippen LogP) is 6.42. The lowest BCUT2D eigenvalue weighted by Gasteiger charge is -2.22. The number of benzene rings is 3. The topological polar surface area (TPSA) is 0 Å². The third-order valence-corrected chi connectivity index (χ3v) is 5.73. The van der Waals surface area contributed by atoms with Crippen LogP contribution in [-0.4, -0.2) is 7.85 Å². The van der Waals surface area contributed by atoms with Gasteiger partial charge in [0, 0.05) is 4.47 Å². The molecule has 0 fully saturated rings. The lowest BCUT2D eigenvalue weighted by Crippen LogP contribution is -2.06. The molecule has 0 saturated heterocycles. The Bertz CT molecular complexity index is 994. The Morgan fingerprint density at radius 2 is 1.22 bits per heavy atom. The van der Waals surface area contributed by atoms with E-state index in [1.165, 1.54) is 33.4 Å². The Morgan fingerprint density at radius 1 is 0.704 bits per heavy atom. The molecule has 0 N–H and O–H groups in total. The summed E-state index contributed by atoms with van der Waals surface area (Å²) < 4.78 is 1.10. The van der Waals surface area contributed by atoms with Crippen molar-refractivity contribution in [2.45, 2.75) is 13.3 Å². The van der Waals surface area contributed by atoms with Crippen molar-refractivity contribution in [3.8, 4) is 11.1 Å². The van der Waals surface area contributed by atoms with E-state index >= 15 is 0 Å². The molecule has 2 radical (unpaired) electrons. The highest BCUT2D eigenvalue weighted by atomic mass is 79.9. The summed E-state index contributed by atoms with van der Waals surface area (Å²) >= 11 is 3.49. The van der Waals surface area contributed by atoms with Crippen LogP contribution in [0, 0.1) is 5.92 Å². The number of rotatable bonds is 3. The monoisotopic (exact) mass is 410 g/mol. The van der Waals surface area contributed by atoms with Gasteiger partial charge in [0.2, 0.25) is 0 Å². The number of hydrogen-bond acceptors (Lipinski definition) is 0. The minimum absolute atomic E-state index is 0.486. The fraction of sp³-hybridized carbons (Fsp3) is 0.120. The highest BCUT2D eigenvalue weighted by Crippen LogP contribution is 2.36. The first-order valence-electron chi connectivity index (χ1n) is 9.23. The predicted molar refractivity (Wildman–Crippen MR) is 121 cm³/mol. The van der Waals surface area contributed by atoms with Gasteiger partial charge in [-0.15, -0.1) is 0 Å². The van der Waals surface area contributed by atoms with Crippen molar-refractivity contribution in [3.05, 3.63) is 101 Å². The fourth-order valence-electron chi connectivity index (χ4n) is 3.65. The largest absolute Gasteiger partial charge is 0.113 e. The SMILES string of the molecule is [B]c1ccc(C2=CC=C(c3ccc(-c4ccc(Br)cc4)cc3)CC2C)cc1. The molecule has 0 spiro atoms. The van der Waals surface area contributed by atoms with E-state index in [4.69, 9.17) is 7.85 Å². The van der Waals surface area contributed by atoms with Crippen LogP contribution in [0.1, 0.15) is 24.5 Å². The Kier molecular flexibility index (Phi) is 5.18. The first-order valence-corrected chi connectivity index (χ1v) is 10.0. The van der Waals surface area contributed by atoms with Crippen LogP contribution in [0.2, 0.25) is 0 Å². The number of hydrogen-bond donors (Lipinski definition) is 0. The highest BCUT2D eigenvalue weighted by molar-refractivity contribution is 9.10. The van der Waals surface area contributed by atoms with Crippen LogP contribution < -0.4 is 5.46 Å². The zero-order valence-electron chi connectivity index (χ0n) is 15.3. The van der Waals surface area contributed by atoms with Crippen molar-refractivity contribution < 1.29 is 0 Å². The van der Waals surface area contributed by atoms with Gasteiger partial charge in [0.15, 0.2) is 0 Å². The van der Waals surface area contributed by atoms with Crippen LogP contribution in [0.4, 0.5) is 0 Å². The Morgan fingerprint density at radius 3 is 1.81 bits per heavy atom. The second-order valence-corrected chi connectivity index (χ2v) is 8.04. The molecule has 1 atom stereocenters. The maximum Gasteiger partial charge on any atom is 0.113 e. The second-order valence-electron chi connectivity index (χ2n) is 7.13. The van der Waals surface area contributed by atoms with E-state index < -0.39 is 0 Å². The van der Waals surface area contributed by atoms with Crippen LogP contribution >= 0.6 is 15.9 Å². The molecular formula is C25H20BBr. The van der Waals surface area contributed by atoms with E-state index in [-0.39, 0.29) is 0 Å². The molecule has 0 aromatic heterocycles. The Hall–Kier alpha value is -2.32. The normalized spacial score (nSPS) is 16.6. The molecule has 0 saturated carbocycles. The molecule has 1 unspecified atom stereocenters. The molecule has 2 heteroatoms. The van der Waals surface area contributed by atoms with Crippen molar-refractivity contribution in [1.82, 2.24) is 0 Å². The molecule has 3 aromatic carbocycles. The molecule has 0 nitrogen and oxygen atoms in total. The molecule has 130 valence electrons. The van der Waals surface area contributed by atoms with Crippen molar-refractivity contribution in [2.75, 3.05) is 0 Å². The van der Waals surface area contributed by atoms with Gasteiger partial charge in [-0.1, -0.05) is 101 Å². The van der Waals surface area contributed by atoms with Crippen LogP contribution in [0.3, 0.4) is 0 Å². The average molecular weight is 411 g/mol. The zero-order valence-corrected chi connectivity index (χ0v) is 16.9. The van der Waals surface area contributed by atoms with Crippen LogP contribution in [0.15, 0.2) is 89.4 Å².